The molecular weight excluding hydrogens is 269 g/mol. The van der Waals surface area contributed by atoms with Gasteiger partial charge in [0.1, 0.15) is 0 Å². The number of hydrogen-bond acceptors (Lipinski definition) is 2. The lowest BCUT2D eigenvalue weighted by Gasteiger charge is -1.97. The van der Waals surface area contributed by atoms with Gasteiger partial charge in [0.25, 0.3) is 0 Å². The van der Waals surface area contributed by atoms with Crippen LogP contribution < -0.4 is 0 Å². The van der Waals surface area contributed by atoms with E-state index in [1.807, 2.05) is 0 Å². The Bertz CT molecular complexity index is 555. The van der Waals surface area contributed by atoms with Crippen molar-refractivity contribution in [3.05, 3.63) is 48.5 Å². The van der Waals surface area contributed by atoms with E-state index in [0.29, 0.717) is 0 Å². The van der Waals surface area contributed by atoms with Crippen LogP contribution in [0.5, 0.6) is 0 Å². The lowest BCUT2D eigenvalue weighted by atomic mass is 10.1. The van der Waals surface area contributed by atoms with Crippen molar-refractivity contribution in [1.29, 1.82) is 0 Å². The maximum absolute atomic E-state index is 10.7. The predicted octanol–water partition coefficient (Wildman–Crippen LogP) is 3.23. The summed E-state index contributed by atoms with van der Waals surface area (Å²) in [4.78, 5) is 0. The Morgan fingerprint density at radius 3 is 1.22 bits per heavy atom. The summed E-state index contributed by atoms with van der Waals surface area (Å²) in [6.07, 6.45) is 0. The summed E-state index contributed by atoms with van der Waals surface area (Å²) in [6, 6.07) is 16.7. The Hall–Kier alpha value is -1.60. The van der Waals surface area contributed by atoms with Crippen LogP contribution in [0.1, 0.15) is 0 Å². The van der Waals surface area contributed by atoms with Crippen molar-refractivity contribution in [2.24, 2.45) is 0 Å². The molecule has 2 rings (SSSR count). The van der Waals surface area contributed by atoms with Gasteiger partial charge in [-0.15, -0.1) is 0 Å². The van der Waals surface area contributed by atoms with E-state index in [2.05, 4.69) is 48.5 Å². The SMILES string of the molecule is O=S(=O)(O)C(F)(F)F.c1ccc2ccccc2c1. The summed E-state index contributed by atoms with van der Waals surface area (Å²) in [5.74, 6) is 0. The molecule has 0 bridgehead atoms. The molecule has 98 valence electrons. The Morgan fingerprint density at radius 2 is 1.06 bits per heavy atom. The zero-order chi connectivity index (χ0) is 13.8. The van der Waals surface area contributed by atoms with Crippen LogP contribution in [0.4, 0.5) is 13.2 Å². The van der Waals surface area contributed by atoms with Gasteiger partial charge in [0.05, 0.1) is 0 Å². The van der Waals surface area contributed by atoms with E-state index >= 15 is 0 Å². The first-order valence-electron chi connectivity index (χ1n) is 4.69. The van der Waals surface area contributed by atoms with Crippen LogP contribution >= 0.6 is 0 Å². The number of alkyl halides is 3. The van der Waals surface area contributed by atoms with Gasteiger partial charge < -0.3 is 0 Å². The summed E-state index contributed by atoms with van der Waals surface area (Å²) in [7, 11) is -5.84. The van der Waals surface area contributed by atoms with E-state index in [1.54, 1.807) is 0 Å². The number of fused-ring (bicyclic) bond motifs is 1. The highest BCUT2D eigenvalue weighted by molar-refractivity contribution is 7.86. The van der Waals surface area contributed by atoms with E-state index in [1.165, 1.54) is 10.8 Å². The van der Waals surface area contributed by atoms with Crippen LogP contribution in [0.2, 0.25) is 0 Å². The van der Waals surface area contributed by atoms with Gasteiger partial charge in [-0.3, -0.25) is 4.55 Å². The zero-order valence-electron chi connectivity index (χ0n) is 8.92. The standard InChI is InChI=1S/C10H8.CHF3O3S/c1-2-6-10-8-4-3-7-9(10)5-1;2-1(3,4)8(5,6)7/h1-8H;(H,5,6,7). The van der Waals surface area contributed by atoms with Crippen LogP contribution in [0.3, 0.4) is 0 Å². The lowest BCUT2D eigenvalue weighted by Crippen LogP contribution is -2.21. The summed E-state index contributed by atoms with van der Waals surface area (Å²) >= 11 is 0. The van der Waals surface area contributed by atoms with E-state index in [9.17, 15) is 13.2 Å². The molecule has 0 fully saturated rings. The molecule has 0 aliphatic heterocycles. The van der Waals surface area contributed by atoms with Crippen molar-refractivity contribution in [2.75, 3.05) is 0 Å². The average molecular weight is 278 g/mol. The van der Waals surface area contributed by atoms with Gasteiger partial charge in [0.15, 0.2) is 0 Å². The average Bonchev–Trinajstić information content (AvgIpc) is 2.27. The van der Waals surface area contributed by atoms with E-state index < -0.39 is 15.6 Å². The first kappa shape index (κ1) is 14.5. The molecule has 3 nitrogen and oxygen atoms in total. The topological polar surface area (TPSA) is 54.4 Å². The van der Waals surface area contributed by atoms with Crippen molar-refractivity contribution >= 4 is 20.9 Å². The molecule has 0 aliphatic carbocycles. The third-order valence-electron chi connectivity index (χ3n) is 1.95. The van der Waals surface area contributed by atoms with Gasteiger partial charge in [-0.2, -0.15) is 21.6 Å². The second kappa shape index (κ2) is 5.36. The van der Waals surface area contributed by atoms with Crippen LogP contribution in [0, 0.1) is 0 Å². The fourth-order valence-corrected chi connectivity index (χ4v) is 1.13. The summed E-state index contributed by atoms with van der Waals surface area (Å²) < 4.78 is 57.5. The quantitative estimate of drug-likeness (QED) is 0.594. The largest absolute Gasteiger partial charge is 0.522 e. The maximum atomic E-state index is 10.7. The highest BCUT2D eigenvalue weighted by atomic mass is 32.2. The van der Waals surface area contributed by atoms with Crippen LogP contribution in [-0.2, 0) is 10.1 Å². The number of benzene rings is 2. The van der Waals surface area contributed by atoms with Gasteiger partial charge >= 0.3 is 15.6 Å². The Kier molecular flexibility index (Phi) is 4.31. The van der Waals surface area contributed by atoms with Crippen molar-refractivity contribution < 1.29 is 26.1 Å². The summed E-state index contributed by atoms with van der Waals surface area (Å²) in [5, 5.41) is 2.62. The van der Waals surface area contributed by atoms with Gasteiger partial charge in [-0.1, -0.05) is 48.5 Å². The predicted molar refractivity (Wildman–Crippen MR) is 61.6 cm³/mol. The molecule has 0 radical (unpaired) electrons. The van der Waals surface area contributed by atoms with Crippen LogP contribution in [0.15, 0.2) is 48.5 Å². The number of rotatable bonds is 0. The molecular formula is C11H9F3O3S. The second-order valence-corrected chi connectivity index (χ2v) is 4.68. The second-order valence-electron chi connectivity index (χ2n) is 3.27. The Balaban J connectivity index is 0.000000187. The van der Waals surface area contributed by atoms with Gasteiger partial charge in [0, 0.05) is 0 Å². The molecule has 0 saturated heterocycles. The molecule has 0 atom stereocenters. The first-order chi connectivity index (χ1) is 8.22. The minimum Gasteiger partial charge on any atom is -0.279 e. The minimum atomic E-state index is -5.84. The fourth-order valence-electron chi connectivity index (χ4n) is 1.13. The zero-order valence-corrected chi connectivity index (χ0v) is 9.74. The van der Waals surface area contributed by atoms with Crippen LogP contribution in [-0.4, -0.2) is 18.5 Å². The molecule has 0 unspecified atom stereocenters. The number of hydrogen-bond donors (Lipinski definition) is 1. The molecule has 1 N–H and O–H groups in total. The van der Waals surface area contributed by atoms with E-state index in [0.717, 1.165) is 0 Å². The minimum absolute atomic E-state index is 1.31. The monoisotopic (exact) mass is 278 g/mol. The highest BCUT2D eigenvalue weighted by Crippen LogP contribution is 2.20. The third-order valence-corrected chi connectivity index (χ3v) is 2.54. The molecule has 18 heavy (non-hydrogen) atoms. The molecule has 0 aromatic heterocycles. The molecule has 0 saturated carbocycles. The Morgan fingerprint density at radius 1 is 0.833 bits per heavy atom. The van der Waals surface area contributed by atoms with Gasteiger partial charge in [-0.25, -0.2) is 0 Å². The normalized spacial score (nSPS) is 11.8. The molecule has 2 aromatic carbocycles. The lowest BCUT2D eigenvalue weighted by molar-refractivity contribution is -0.0510. The smallest absolute Gasteiger partial charge is 0.279 e. The molecule has 0 heterocycles. The third kappa shape index (κ3) is 4.01. The summed E-state index contributed by atoms with van der Waals surface area (Å²) in [5.41, 5.74) is -5.53. The maximum Gasteiger partial charge on any atom is 0.522 e. The van der Waals surface area contributed by atoms with Gasteiger partial charge in [-0.05, 0) is 10.8 Å². The molecule has 0 amide bonds. The van der Waals surface area contributed by atoms with E-state index in [-0.39, 0.29) is 0 Å². The fraction of sp³-hybridized carbons (Fsp3) is 0.0909. The van der Waals surface area contributed by atoms with Gasteiger partial charge in [0.2, 0.25) is 0 Å². The van der Waals surface area contributed by atoms with Crippen molar-refractivity contribution in [3.8, 4) is 0 Å². The van der Waals surface area contributed by atoms with Crippen LogP contribution in [0.25, 0.3) is 10.8 Å². The Labute approximate surface area is 102 Å². The van der Waals surface area contributed by atoms with Crippen molar-refractivity contribution in [2.45, 2.75) is 5.51 Å². The molecule has 0 spiro atoms. The summed E-state index contributed by atoms with van der Waals surface area (Å²) in [6.45, 7) is 0. The highest BCUT2D eigenvalue weighted by Gasteiger charge is 2.44. The molecule has 0 aliphatic rings. The van der Waals surface area contributed by atoms with E-state index in [4.69, 9.17) is 13.0 Å². The van der Waals surface area contributed by atoms with Crippen molar-refractivity contribution in [1.82, 2.24) is 0 Å². The molecule has 7 heteroatoms. The van der Waals surface area contributed by atoms with Crippen molar-refractivity contribution in [3.63, 3.8) is 0 Å². The number of halogens is 3. The first-order valence-corrected chi connectivity index (χ1v) is 6.13. The molecule has 2 aromatic rings.